The molecule has 11 rings (SSSR count). The lowest BCUT2D eigenvalue weighted by atomic mass is 9.69. The molecule has 1 spiro atoms. The van der Waals surface area contributed by atoms with E-state index in [0.717, 1.165) is 5.69 Å². The van der Waals surface area contributed by atoms with Gasteiger partial charge >= 0.3 is 0 Å². The zero-order valence-corrected chi connectivity index (χ0v) is 36.7. The molecule has 1 heteroatoms. The van der Waals surface area contributed by atoms with E-state index in [1.165, 1.54) is 100 Å². The van der Waals surface area contributed by atoms with Crippen LogP contribution in [0.1, 0.15) is 99.9 Å². The van der Waals surface area contributed by atoms with Crippen LogP contribution in [0.15, 0.2) is 176 Å². The van der Waals surface area contributed by atoms with Crippen LogP contribution in [0.2, 0.25) is 0 Å². The minimum atomic E-state index is -0.507. The molecule has 0 aromatic heterocycles. The van der Waals surface area contributed by atoms with Crippen molar-refractivity contribution < 1.29 is 0 Å². The van der Waals surface area contributed by atoms with Gasteiger partial charge in [0.25, 0.3) is 0 Å². The fourth-order valence-corrected chi connectivity index (χ4v) is 11.2. The van der Waals surface area contributed by atoms with E-state index >= 15 is 0 Å². The highest BCUT2D eigenvalue weighted by Crippen LogP contribution is 2.66. The van der Waals surface area contributed by atoms with Crippen LogP contribution in [0.5, 0.6) is 0 Å². The predicted molar refractivity (Wildman–Crippen MR) is 258 cm³/mol. The average Bonchev–Trinajstić information content (AvgIpc) is 3.82. The van der Waals surface area contributed by atoms with E-state index in [-0.39, 0.29) is 16.2 Å². The molecule has 8 aromatic rings. The van der Waals surface area contributed by atoms with Crippen LogP contribution in [0, 0.1) is 0 Å². The summed E-state index contributed by atoms with van der Waals surface area (Å²) in [5.41, 5.74) is 24.1. The summed E-state index contributed by atoms with van der Waals surface area (Å²) in [6.45, 7) is 18.8. The van der Waals surface area contributed by atoms with Crippen molar-refractivity contribution in [2.45, 2.75) is 77.0 Å². The monoisotopic (exact) mass is 787 g/mol. The molecule has 8 aromatic carbocycles. The number of benzene rings is 8. The van der Waals surface area contributed by atoms with Gasteiger partial charge in [-0.3, -0.25) is 0 Å². The average molecular weight is 788 g/mol. The van der Waals surface area contributed by atoms with Gasteiger partial charge in [-0.2, -0.15) is 0 Å². The molecule has 0 N–H and O–H groups in total. The van der Waals surface area contributed by atoms with Crippen molar-refractivity contribution in [3.63, 3.8) is 0 Å². The number of fused-ring (bicyclic) bond motifs is 13. The maximum Gasteiger partial charge on any atom is 0.0726 e. The molecule has 0 aliphatic heterocycles. The molecule has 0 unspecified atom stereocenters. The Bertz CT molecular complexity index is 3010. The summed E-state index contributed by atoms with van der Waals surface area (Å²) in [4.78, 5) is 2.61. The van der Waals surface area contributed by atoms with Crippen LogP contribution in [0.3, 0.4) is 0 Å². The van der Waals surface area contributed by atoms with Gasteiger partial charge in [0.05, 0.1) is 22.5 Å². The van der Waals surface area contributed by atoms with Crippen LogP contribution >= 0.6 is 0 Å². The molecule has 0 fully saturated rings. The molecule has 0 saturated carbocycles. The smallest absolute Gasteiger partial charge is 0.0726 e. The number of hydrogen-bond acceptors (Lipinski definition) is 1. The second-order valence-electron chi connectivity index (χ2n) is 20.1. The van der Waals surface area contributed by atoms with Crippen LogP contribution in [0.4, 0.5) is 17.1 Å². The van der Waals surface area contributed by atoms with Gasteiger partial charge < -0.3 is 4.90 Å². The Morgan fingerprint density at radius 2 is 0.787 bits per heavy atom. The predicted octanol–water partition coefficient (Wildman–Crippen LogP) is 16.1. The third kappa shape index (κ3) is 5.26. The van der Waals surface area contributed by atoms with Gasteiger partial charge in [0.15, 0.2) is 0 Å². The van der Waals surface area contributed by atoms with E-state index in [0.29, 0.717) is 0 Å². The van der Waals surface area contributed by atoms with Gasteiger partial charge in [-0.15, -0.1) is 0 Å². The molecule has 3 aliphatic rings. The summed E-state index contributed by atoms with van der Waals surface area (Å²) in [7, 11) is 0. The Morgan fingerprint density at radius 1 is 0.344 bits per heavy atom. The maximum absolute atomic E-state index is 2.61. The quantitative estimate of drug-likeness (QED) is 0.172. The second kappa shape index (κ2) is 13.0. The van der Waals surface area contributed by atoms with E-state index in [2.05, 4.69) is 236 Å². The Labute approximate surface area is 362 Å². The first-order valence-electron chi connectivity index (χ1n) is 22.0. The van der Waals surface area contributed by atoms with Crippen molar-refractivity contribution >= 4 is 17.1 Å². The van der Waals surface area contributed by atoms with Crippen molar-refractivity contribution in [2.24, 2.45) is 0 Å². The fourth-order valence-electron chi connectivity index (χ4n) is 11.2. The van der Waals surface area contributed by atoms with Gasteiger partial charge in [-0.25, -0.2) is 0 Å². The molecule has 0 bridgehead atoms. The number of anilines is 3. The Balaban J connectivity index is 1.28. The molecule has 0 amide bonds. The van der Waals surface area contributed by atoms with Gasteiger partial charge in [0, 0.05) is 22.1 Å². The van der Waals surface area contributed by atoms with Crippen molar-refractivity contribution in [1.82, 2.24) is 0 Å². The fraction of sp³-hybridized carbons (Fsp3) is 0.200. The first-order chi connectivity index (χ1) is 29.3. The van der Waals surface area contributed by atoms with Gasteiger partial charge in [0.1, 0.15) is 0 Å². The summed E-state index contributed by atoms with van der Waals surface area (Å²) in [5, 5.41) is 0. The highest BCUT2D eigenvalue weighted by Gasteiger charge is 2.53. The third-order valence-electron chi connectivity index (χ3n) is 14.2. The molecule has 0 atom stereocenters. The molecular weight excluding hydrogens is 735 g/mol. The Kier molecular flexibility index (Phi) is 8.02. The summed E-state index contributed by atoms with van der Waals surface area (Å²) in [5.74, 6) is 0. The van der Waals surface area contributed by atoms with Gasteiger partial charge in [0.2, 0.25) is 0 Å². The molecule has 3 aliphatic carbocycles. The standard InChI is InChI=1S/C60H53N/c1-57(2,3)39-32-34-42-43-35-33-40(58(4,5)6)37-51(43)60(50(42)36-39)47-26-16-13-24-45(47)56-49(60)28-19-31-54(56)61(52-29-17-14-22-41(52)38-20-10-9-11-21-38)53-30-18-27-48-55(53)44-23-12-15-25-46(44)59(48,7)8/h9-37H,1-8H3. The molecule has 0 saturated heterocycles. The minimum Gasteiger partial charge on any atom is -0.309 e. The number of rotatable bonds is 4. The highest BCUT2D eigenvalue weighted by molar-refractivity contribution is 6.05. The lowest BCUT2D eigenvalue weighted by molar-refractivity contribution is 0.586. The summed E-state index contributed by atoms with van der Waals surface area (Å²) < 4.78 is 0. The molecular formula is C60H53N. The van der Waals surface area contributed by atoms with Crippen molar-refractivity contribution in [3.05, 3.63) is 220 Å². The van der Waals surface area contributed by atoms with Crippen LogP contribution in [-0.4, -0.2) is 0 Å². The first kappa shape index (κ1) is 37.6. The van der Waals surface area contributed by atoms with E-state index in [1.807, 2.05) is 0 Å². The zero-order valence-electron chi connectivity index (χ0n) is 36.7. The van der Waals surface area contributed by atoms with Crippen LogP contribution in [-0.2, 0) is 21.7 Å². The Hall–Kier alpha value is -6.44. The van der Waals surface area contributed by atoms with Crippen molar-refractivity contribution in [1.29, 1.82) is 0 Å². The van der Waals surface area contributed by atoms with E-state index in [4.69, 9.17) is 0 Å². The number of hydrogen-bond donors (Lipinski definition) is 0. The molecule has 0 radical (unpaired) electrons. The second-order valence-corrected chi connectivity index (χ2v) is 20.1. The number of para-hydroxylation sites is 1. The van der Waals surface area contributed by atoms with Gasteiger partial charge in [-0.1, -0.05) is 213 Å². The highest BCUT2D eigenvalue weighted by atomic mass is 15.2. The van der Waals surface area contributed by atoms with Gasteiger partial charge in [-0.05, 0) is 101 Å². The molecule has 1 nitrogen and oxygen atoms in total. The lowest BCUT2D eigenvalue weighted by Crippen LogP contribution is -2.27. The van der Waals surface area contributed by atoms with Crippen LogP contribution < -0.4 is 4.90 Å². The summed E-state index contributed by atoms with van der Waals surface area (Å²) in [6.07, 6.45) is 0. The van der Waals surface area contributed by atoms with Crippen LogP contribution in [0.25, 0.3) is 44.5 Å². The van der Waals surface area contributed by atoms with E-state index in [9.17, 15) is 0 Å². The zero-order chi connectivity index (χ0) is 42.1. The minimum absolute atomic E-state index is 0.0138. The SMILES string of the molecule is CC(C)(C)c1ccc2c(c1)C1(c3cc(C(C)(C)C)ccc3-2)c2ccccc2-c2c(N(c3ccccc3-c3ccccc3)c3cccc4c3-c3ccccc3C4(C)C)cccc21. The lowest BCUT2D eigenvalue weighted by Gasteiger charge is -2.34. The Morgan fingerprint density at radius 3 is 1.38 bits per heavy atom. The topological polar surface area (TPSA) is 3.24 Å². The maximum atomic E-state index is 2.61. The molecule has 298 valence electrons. The summed E-state index contributed by atoms with van der Waals surface area (Å²) >= 11 is 0. The van der Waals surface area contributed by atoms with Crippen molar-refractivity contribution in [2.75, 3.05) is 4.90 Å². The first-order valence-corrected chi connectivity index (χ1v) is 22.0. The largest absolute Gasteiger partial charge is 0.309 e. The summed E-state index contributed by atoms with van der Waals surface area (Å²) in [6, 6.07) is 67.1. The number of nitrogens with zero attached hydrogens (tertiary/aromatic N) is 1. The normalized spacial score (nSPS) is 14.8. The molecule has 0 heterocycles. The van der Waals surface area contributed by atoms with E-state index in [1.54, 1.807) is 0 Å². The third-order valence-corrected chi connectivity index (χ3v) is 14.2. The van der Waals surface area contributed by atoms with E-state index < -0.39 is 5.41 Å². The molecule has 61 heavy (non-hydrogen) atoms. The van der Waals surface area contributed by atoms with Crippen molar-refractivity contribution in [3.8, 4) is 44.5 Å².